The number of hydrogen-bond acceptors (Lipinski definition) is 4. The largest absolute Gasteiger partial charge is 0.410 e. The van der Waals surface area contributed by atoms with E-state index in [2.05, 4.69) is 10.4 Å². The minimum absolute atomic E-state index is 0.0821. The van der Waals surface area contributed by atoms with E-state index in [9.17, 15) is 21.6 Å². The third-order valence-corrected chi connectivity index (χ3v) is 8.54. The molecule has 0 aliphatic carbocycles. The molecule has 11 heteroatoms. The van der Waals surface area contributed by atoms with Crippen molar-refractivity contribution in [3.63, 3.8) is 0 Å². The summed E-state index contributed by atoms with van der Waals surface area (Å²) in [6.45, 7) is 7.46. The molecule has 4 heterocycles. The lowest BCUT2D eigenvalue weighted by atomic mass is 9.82. The Hall–Kier alpha value is -1.33. The zero-order valence-electron chi connectivity index (χ0n) is 17.6. The van der Waals surface area contributed by atoms with Gasteiger partial charge in [0.25, 0.3) is 10.2 Å². The number of nitrogens with one attached hydrogen (secondary N) is 1. The monoisotopic (exact) mass is 449 g/mol. The summed E-state index contributed by atoms with van der Waals surface area (Å²) in [4.78, 5) is 0. The van der Waals surface area contributed by atoms with Gasteiger partial charge in [0.1, 0.15) is 5.82 Å². The molecule has 2 saturated heterocycles. The van der Waals surface area contributed by atoms with Gasteiger partial charge in [-0.05, 0) is 31.1 Å². The van der Waals surface area contributed by atoms with Crippen LogP contribution >= 0.6 is 0 Å². The van der Waals surface area contributed by atoms with Crippen LogP contribution in [-0.2, 0) is 10.2 Å². The average Bonchev–Trinajstić information content (AvgIpc) is 3.38. The summed E-state index contributed by atoms with van der Waals surface area (Å²) >= 11 is 0. The maximum absolute atomic E-state index is 13.8. The van der Waals surface area contributed by atoms with Gasteiger partial charge in [-0.2, -0.15) is 35.3 Å². The first kappa shape index (κ1) is 21.9. The van der Waals surface area contributed by atoms with Gasteiger partial charge >= 0.3 is 6.18 Å². The van der Waals surface area contributed by atoms with Crippen molar-refractivity contribution < 1.29 is 21.6 Å². The topological polar surface area (TPSA) is 70.5 Å². The van der Waals surface area contributed by atoms with Gasteiger partial charge in [-0.1, -0.05) is 20.8 Å². The van der Waals surface area contributed by atoms with Gasteiger partial charge in [0.05, 0.1) is 5.69 Å². The molecule has 2 fully saturated rings. The van der Waals surface area contributed by atoms with E-state index in [0.29, 0.717) is 37.6 Å². The van der Waals surface area contributed by atoms with Crippen molar-refractivity contribution in [1.82, 2.24) is 18.4 Å². The summed E-state index contributed by atoms with van der Waals surface area (Å²) in [5.41, 5.74) is 0.188. The first-order valence-electron chi connectivity index (χ1n) is 10.6. The minimum atomic E-state index is -4.40. The molecule has 3 aliphatic rings. The maximum atomic E-state index is 13.8. The smallest absolute Gasteiger partial charge is 0.367 e. The van der Waals surface area contributed by atoms with E-state index in [1.165, 1.54) is 8.61 Å². The molecule has 0 bridgehead atoms. The van der Waals surface area contributed by atoms with Gasteiger partial charge in [0, 0.05) is 44.2 Å². The lowest BCUT2D eigenvalue weighted by Gasteiger charge is -2.39. The Balaban J connectivity index is 1.57. The van der Waals surface area contributed by atoms with E-state index in [0.717, 1.165) is 17.5 Å². The summed E-state index contributed by atoms with van der Waals surface area (Å²) in [6.07, 6.45) is -2.19. The van der Waals surface area contributed by atoms with Crippen LogP contribution in [0.5, 0.6) is 0 Å². The van der Waals surface area contributed by atoms with Gasteiger partial charge in [-0.3, -0.25) is 0 Å². The summed E-state index contributed by atoms with van der Waals surface area (Å²) < 4.78 is 71.0. The van der Waals surface area contributed by atoms with E-state index in [4.69, 9.17) is 0 Å². The molecule has 170 valence electrons. The molecule has 1 aromatic rings. The van der Waals surface area contributed by atoms with Crippen LogP contribution in [0.15, 0.2) is 6.07 Å². The summed E-state index contributed by atoms with van der Waals surface area (Å²) in [7, 11) is -3.51. The van der Waals surface area contributed by atoms with Crippen LogP contribution in [0.3, 0.4) is 0 Å². The van der Waals surface area contributed by atoms with Crippen molar-refractivity contribution in [3.8, 4) is 0 Å². The van der Waals surface area contributed by atoms with Gasteiger partial charge in [0.2, 0.25) is 0 Å². The Kier molecular flexibility index (Phi) is 5.38. The van der Waals surface area contributed by atoms with Crippen LogP contribution in [0.4, 0.5) is 19.0 Å². The Morgan fingerprint density at radius 3 is 2.37 bits per heavy atom. The Bertz CT molecular complexity index is 887. The van der Waals surface area contributed by atoms with Crippen LogP contribution in [0, 0.1) is 5.41 Å². The number of aromatic nitrogens is 2. The second-order valence-corrected chi connectivity index (χ2v) is 11.6. The first-order valence-corrected chi connectivity index (χ1v) is 11.9. The van der Waals surface area contributed by atoms with Gasteiger partial charge < -0.3 is 5.32 Å². The first-order chi connectivity index (χ1) is 13.9. The normalized spacial score (nSPS) is 29.2. The number of fused-ring (bicyclic) bond motifs is 1. The molecule has 0 amide bonds. The Morgan fingerprint density at radius 2 is 1.77 bits per heavy atom. The standard InChI is InChI=1S/C19H30F3N5O2S/c1-18(2,3)15-11-16(19(20,21)22)27-17(23-15)10-14(24-27)13-6-9-26(12-13)30(28,29)25-7-4-5-8-25/h10,13,15-16,23H,4-9,11-12H2,1-3H3/t13?,15-,16+/m0/s1. The molecule has 3 aliphatic heterocycles. The maximum Gasteiger partial charge on any atom is 0.410 e. The molecular weight excluding hydrogens is 419 g/mol. The third kappa shape index (κ3) is 3.95. The fourth-order valence-corrected chi connectivity index (χ4v) is 6.37. The van der Waals surface area contributed by atoms with Crippen molar-refractivity contribution in [2.75, 3.05) is 31.5 Å². The fraction of sp³-hybridized carbons (Fsp3) is 0.842. The van der Waals surface area contributed by atoms with Crippen LogP contribution < -0.4 is 5.32 Å². The average molecular weight is 450 g/mol. The number of alkyl halides is 3. The number of hydrogen-bond donors (Lipinski definition) is 1. The van der Waals surface area contributed by atoms with E-state index >= 15 is 0 Å². The highest BCUT2D eigenvalue weighted by atomic mass is 32.2. The Labute approximate surface area is 175 Å². The molecule has 1 unspecified atom stereocenters. The quantitative estimate of drug-likeness (QED) is 0.768. The number of nitrogens with zero attached hydrogens (tertiary/aromatic N) is 4. The summed E-state index contributed by atoms with van der Waals surface area (Å²) in [5, 5.41) is 7.54. The molecular formula is C19H30F3N5O2S. The number of halogens is 3. The molecule has 0 radical (unpaired) electrons. The SMILES string of the molecule is CC(C)(C)[C@@H]1C[C@H](C(F)(F)F)n2nc(C3CCN(S(=O)(=O)N4CCCC4)C3)cc2N1. The number of rotatable bonds is 3. The molecule has 7 nitrogen and oxygen atoms in total. The second-order valence-electron chi connectivity index (χ2n) is 9.71. The zero-order chi connectivity index (χ0) is 21.9. The highest BCUT2D eigenvalue weighted by Crippen LogP contribution is 2.44. The van der Waals surface area contributed by atoms with Crippen molar-refractivity contribution >= 4 is 16.0 Å². The van der Waals surface area contributed by atoms with E-state index in [-0.39, 0.29) is 30.3 Å². The lowest BCUT2D eigenvalue weighted by Crippen LogP contribution is -2.44. The molecule has 30 heavy (non-hydrogen) atoms. The predicted molar refractivity (Wildman–Crippen MR) is 107 cm³/mol. The Morgan fingerprint density at radius 1 is 1.10 bits per heavy atom. The molecule has 3 atom stereocenters. The lowest BCUT2D eigenvalue weighted by molar-refractivity contribution is -0.175. The van der Waals surface area contributed by atoms with Crippen LogP contribution in [0.2, 0.25) is 0 Å². The second kappa shape index (κ2) is 7.37. The molecule has 0 spiro atoms. The van der Waals surface area contributed by atoms with Crippen LogP contribution in [0.25, 0.3) is 0 Å². The van der Waals surface area contributed by atoms with Gasteiger partial charge in [-0.15, -0.1) is 0 Å². The summed E-state index contributed by atoms with van der Waals surface area (Å²) in [6, 6.07) is -0.345. The molecule has 1 N–H and O–H groups in total. The van der Waals surface area contributed by atoms with Crippen molar-refractivity contribution in [2.45, 2.75) is 70.6 Å². The van der Waals surface area contributed by atoms with E-state index < -0.39 is 22.4 Å². The van der Waals surface area contributed by atoms with Crippen LogP contribution in [-0.4, -0.2) is 65.2 Å². The minimum Gasteiger partial charge on any atom is -0.367 e. The molecule has 4 rings (SSSR count). The zero-order valence-corrected chi connectivity index (χ0v) is 18.4. The molecule has 0 aromatic carbocycles. The van der Waals surface area contributed by atoms with Crippen molar-refractivity contribution in [3.05, 3.63) is 11.8 Å². The summed E-state index contributed by atoms with van der Waals surface area (Å²) in [5.74, 6) is 0.156. The fourth-order valence-electron chi connectivity index (χ4n) is 4.62. The van der Waals surface area contributed by atoms with Crippen molar-refractivity contribution in [2.24, 2.45) is 5.41 Å². The highest BCUT2D eigenvalue weighted by Gasteiger charge is 2.48. The predicted octanol–water partition coefficient (Wildman–Crippen LogP) is 3.35. The number of anilines is 1. The molecule has 1 aromatic heterocycles. The van der Waals surface area contributed by atoms with E-state index in [1.54, 1.807) is 6.07 Å². The van der Waals surface area contributed by atoms with Crippen LogP contribution in [0.1, 0.15) is 64.1 Å². The van der Waals surface area contributed by atoms with E-state index in [1.807, 2.05) is 20.8 Å². The third-order valence-electron chi connectivity index (χ3n) is 6.54. The van der Waals surface area contributed by atoms with Crippen molar-refractivity contribution in [1.29, 1.82) is 0 Å². The van der Waals surface area contributed by atoms with Gasteiger partial charge in [-0.25, -0.2) is 4.68 Å². The highest BCUT2D eigenvalue weighted by molar-refractivity contribution is 7.86. The van der Waals surface area contributed by atoms with Gasteiger partial charge in [0.15, 0.2) is 6.04 Å². The molecule has 0 saturated carbocycles.